The second-order valence-corrected chi connectivity index (χ2v) is 10.1. The first-order chi connectivity index (χ1) is 16.9. The lowest BCUT2D eigenvalue weighted by molar-refractivity contribution is -0.127. The molecule has 5 rings (SSSR count). The van der Waals surface area contributed by atoms with E-state index in [9.17, 15) is 13.2 Å². The topological polar surface area (TPSA) is 93.5 Å². The van der Waals surface area contributed by atoms with E-state index < -0.39 is 16.1 Å². The summed E-state index contributed by atoms with van der Waals surface area (Å²) in [5.74, 6) is -0.0402. The molecule has 2 heterocycles. The van der Waals surface area contributed by atoms with Crippen LogP contribution in [0, 0.1) is 6.92 Å². The van der Waals surface area contributed by atoms with Crippen molar-refractivity contribution in [3.05, 3.63) is 103 Å². The van der Waals surface area contributed by atoms with Gasteiger partial charge in [-0.1, -0.05) is 42.0 Å². The number of aryl methyl sites for hydroxylation is 1. The van der Waals surface area contributed by atoms with Crippen molar-refractivity contribution in [1.82, 2.24) is 14.9 Å². The zero-order chi connectivity index (χ0) is 24.4. The number of ether oxygens (including phenoxy) is 1. The lowest BCUT2D eigenvalue weighted by Gasteiger charge is -2.34. The summed E-state index contributed by atoms with van der Waals surface area (Å²) < 4.78 is 36.0. The monoisotopic (exact) mass is 488 g/mol. The highest BCUT2D eigenvalue weighted by Gasteiger charge is 2.37. The molecule has 0 bridgehead atoms. The van der Waals surface area contributed by atoms with Crippen molar-refractivity contribution < 1.29 is 17.9 Å². The van der Waals surface area contributed by atoms with Crippen LogP contribution in [0.25, 0.3) is 5.69 Å². The molecule has 0 saturated heterocycles. The van der Waals surface area contributed by atoms with Gasteiger partial charge >= 0.3 is 0 Å². The van der Waals surface area contributed by atoms with E-state index >= 15 is 0 Å². The molecule has 0 aliphatic carbocycles. The molecule has 1 atom stereocenters. The number of amides is 1. The largest absolute Gasteiger partial charge is 0.476 e. The van der Waals surface area contributed by atoms with E-state index in [-0.39, 0.29) is 23.9 Å². The lowest BCUT2D eigenvalue weighted by Crippen LogP contribution is -2.50. The SMILES string of the molecule is Cc1ccc(S(=O)(=O)N2C[C@H](C(=O)NCc3ccc(-n4ccnc4)cc3)Oc3ccccc32)cc1. The Morgan fingerprint density at radius 2 is 1.80 bits per heavy atom. The Labute approximate surface area is 203 Å². The smallest absolute Gasteiger partial charge is 0.264 e. The predicted molar refractivity (Wildman–Crippen MR) is 132 cm³/mol. The average molecular weight is 489 g/mol. The molecule has 1 amide bonds. The molecule has 0 radical (unpaired) electrons. The third kappa shape index (κ3) is 4.63. The molecule has 3 aromatic carbocycles. The van der Waals surface area contributed by atoms with Crippen molar-refractivity contribution in [1.29, 1.82) is 0 Å². The molecular weight excluding hydrogens is 464 g/mol. The van der Waals surface area contributed by atoms with E-state index in [1.165, 1.54) is 4.31 Å². The maximum absolute atomic E-state index is 13.5. The van der Waals surface area contributed by atoms with Crippen LogP contribution < -0.4 is 14.4 Å². The predicted octanol–water partition coefficient (Wildman–Crippen LogP) is 3.45. The number of benzene rings is 3. The maximum atomic E-state index is 13.5. The first-order valence-electron chi connectivity index (χ1n) is 11.1. The fourth-order valence-electron chi connectivity index (χ4n) is 3.90. The number of anilines is 1. The second kappa shape index (κ2) is 9.27. The van der Waals surface area contributed by atoms with Gasteiger partial charge in [0, 0.05) is 24.6 Å². The highest BCUT2D eigenvalue weighted by molar-refractivity contribution is 7.92. The first kappa shape index (κ1) is 22.7. The van der Waals surface area contributed by atoms with Crippen LogP contribution in [0.3, 0.4) is 0 Å². The lowest BCUT2D eigenvalue weighted by atomic mass is 10.2. The Morgan fingerprint density at radius 1 is 1.06 bits per heavy atom. The van der Waals surface area contributed by atoms with Crippen LogP contribution in [0.1, 0.15) is 11.1 Å². The van der Waals surface area contributed by atoms with Crippen LogP contribution in [-0.4, -0.2) is 36.5 Å². The zero-order valence-corrected chi connectivity index (χ0v) is 19.9. The molecule has 178 valence electrons. The molecule has 8 nitrogen and oxygen atoms in total. The van der Waals surface area contributed by atoms with Gasteiger partial charge in [0.15, 0.2) is 6.10 Å². The Bertz CT molecular complexity index is 1430. The number of nitrogens with zero attached hydrogens (tertiary/aromatic N) is 3. The number of carbonyl (C=O) groups is 1. The summed E-state index contributed by atoms with van der Waals surface area (Å²) in [6.07, 6.45) is 4.28. The summed E-state index contributed by atoms with van der Waals surface area (Å²) in [5.41, 5.74) is 3.23. The number of nitrogens with one attached hydrogen (secondary N) is 1. The molecule has 0 fully saturated rings. The Hall–Kier alpha value is -4.11. The van der Waals surface area contributed by atoms with E-state index in [0.29, 0.717) is 11.4 Å². The van der Waals surface area contributed by atoms with Gasteiger partial charge in [0.25, 0.3) is 15.9 Å². The molecule has 1 aromatic heterocycles. The summed E-state index contributed by atoms with van der Waals surface area (Å²) in [6.45, 7) is 2.06. The van der Waals surface area contributed by atoms with Gasteiger partial charge in [-0.3, -0.25) is 9.10 Å². The Balaban J connectivity index is 1.33. The van der Waals surface area contributed by atoms with Crippen LogP contribution in [0.2, 0.25) is 0 Å². The van der Waals surface area contributed by atoms with E-state index in [4.69, 9.17) is 4.74 Å². The number of carbonyl (C=O) groups excluding carboxylic acids is 1. The molecule has 35 heavy (non-hydrogen) atoms. The van der Waals surface area contributed by atoms with Crippen molar-refractivity contribution in [2.45, 2.75) is 24.5 Å². The third-order valence-corrected chi connectivity index (χ3v) is 7.64. The van der Waals surface area contributed by atoms with Crippen molar-refractivity contribution in [3.63, 3.8) is 0 Å². The van der Waals surface area contributed by atoms with Crippen molar-refractivity contribution in [2.24, 2.45) is 0 Å². The standard InChI is InChI=1S/C26H24N4O4S/c1-19-6-12-22(13-7-19)35(32,33)30-17-25(34-24-5-3-2-4-23(24)30)26(31)28-16-20-8-10-21(11-9-20)29-15-14-27-18-29/h2-15,18,25H,16-17H2,1H3,(H,28,31)/t25-/m1/s1. The van der Waals surface area contributed by atoms with Crippen molar-refractivity contribution in [2.75, 3.05) is 10.8 Å². The van der Waals surface area contributed by atoms with E-state index in [1.54, 1.807) is 61.1 Å². The molecule has 4 aromatic rings. The molecule has 0 spiro atoms. The number of para-hydroxylation sites is 2. The first-order valence-corrected chi connectivity index (χ1v) is 12.6. The maximum Gasteiger partial charge on any atom is 0.264 e. The highest BCUT2D eigenvalue weighted by atomic mass is 32.2. The molecule has 1 aliphatic rings. The van der Waals surface area contributed by atoms with Crippen LogP contribution in [0.5, 0.6) is 5.75 Å². The normalized spacial score (nSPS) is 15.2. The summed E-state index contributed by atoms with van der Waals surface area (Å²) in [5, 5.41) is 2.87. The third-order valence-electron chi connectivity index (χ3n) is 5.84. The number of sulfonamides is 1. The number of fused-ring (bicyclic) bond motifs is 1. The van der Waals surface area contributed by atoms with Crippen molar-refractivity contribution >= 4 is 21.6 Å². The van der Waals surface area contributed by atoms with Gasteiger partial charge in [-0.25, -0.2) is 13.4 Å². The Kier molecular flexibility index (Phi) is 6.00. The van der Waals surface area contributed by atoms with Gasteiger partial charge in [-0.15, -0.1) is 0 Å². The minimum absolute atomic E-state index is 0.126. The quantitative estimate of drug-likeness (QED) is 0.449. The van der Waals surface area contributed by atoms with Gasteiger partial charge in [-0.2, -0.15) is 0 Å². The van der Waals surface area contributed by atoms with Gasteiger partial charge in [0.1, 0.15) is 5.75 Å². The van der Waals surface area contributed by atoms with Crippen LogP contribution >= 0.6 is 0 Å². The van der Waals surface area contributed by atoms with Gasteiger partial charge in [0.2, 0.25) is 0 Å². The number of rotatable bonds is 6. The van der Waals surface area contributed by atoms with Crippen molar-refractivity contribution in [3.8, 4) is 11.4 Å². The summed E-state index contributed by atoms with van der Waals surface area (Å²) in [7, 11) is -3.89. The number of imidazole rings is 1. The summed E-state index contributed by atoms with van der Waals surface area (Å²) in [6, 6.07) is 21.2. The number of aromatic nitrogens is 2. The van der Waals surface area contributed by atoms with E-state index in [1.807, 2.05) is 42.0 Å². The molecule has 9 heteroatoms. The minimum Gasteiger partial charge on any atom is -0.476 e. The minimum atomic E-state index is -3.89. The zero-order valence-electron chi connectivity index (χ0n) is 19.0. The molecule has 1 aliphatic heterocycles. The van der Waals surface area contributed by atoms with E-state index in [0.717, 1.165) is 16.8 Å². The van der Waals surface area contributed by atoms with Crippen LogP contribution in [0.4, 0.5) is 5.69 Å². The highest BCUT2D eigenvalue weighted by Crippen LogP contribution is 2.36. The fourth-order valence-corrected chi connectivity index (χ4v) is 5.38. The molecule has 0 saturated carbocycles. The van der Waals surface area contributed by atoms with Gasteiger partial charge in [-0.05, 0) is 48.9 Å². The van der Waals surface area contributed by atoms with E-state index in [2.05, 4.69) is 10.3 Å². The van der Waals surface area contributed by atoms with Gasteiger partial charge < -0.3 is 14.6 Å². The molecular formula is C26H24N4O4S. The Morgan fingerprint density at radius 3 is 2.51 bits per heavy atom. The number of hydrogen-bond acceptors (Lipinski definition) is 5. The average Bonchev–Trinajstić information content (AvgIpc) is 3.42. The number of hydrogen-bond donors (Lipinski definition) is 1. The van der Waals surface area contributed by atoms with Crippen LogP contribution in [-0.2, 0) is 21.4 Å². The van der Waals surface area contributed by atoms with Crippen LogP contribution in [0.15, 0.2) is 96.4 Å². The molecule has 1 N–H and O–H groups in total. The summed E-state index contributed by atoms with van der Waals surface area (Å²) in [4.78, 5) is 17.2. The second-order valence-electron chi connectivity index (χ2n) is 8.28. The molecule has 0 unspecified atom stereocenters. The van der Waals surface area contributed by atoms with Gasteiger partial charge in [0.05, 0.1) is 23.5 Å². The fraction of sp³-hybridized carbons (Fsp3) is 0.154. The summed E-state index contributed by atoms with van der Waals surface area (Å²) >= 11 is 0.